The first-order valence-electron chi connectivity index (χ1n) is 33.4. The molecule has 0 radical (unpaired) electrons. The Labute approximate surface area is 626 Å². The van der Waals surface area contributed by atoms with Crippen molar-refractivity contribution in [2.24, 2.45) is 0 Å². The Morgan fingerprint density at radius 2 is 0.729 bits per heavy atom. The van der Waals surface area contributed by atoms with Crippen LogP contribution in [0.3, 0.4) is 0 Å². The van der Waals surface area contributed by atoms with Crippen molar-refractivity contribution in [2.45, 2.75) is 116 Å². The van der Waals surface area contributed by atoms with Gasteiger partial charge >= 0.3 is 0 Å². The average molecular weight is 1490 g/mol. The van der Waals surface area contributed by atoms with Gasteiger partial charge in [-0.15, -0.1) is 0 Å². The molecule has 0 aliphatic carbocycles. The maximum atomic E-state index is 13.6. The predicted molar refractivity (Wildman–Crippen MR) is 411 cm³/mol. The highest BCUT2D eigenvalue weighted by Gasteiger charge is 2.29. The van der Waals surface area contributed by atoms with Gasteiger partial charge in [0.05, 0.1) is 0 Å². The van der Waals surface area contributed by atoms with E-state index in [1.165, 1.54) is 56.9 Å². The van der Waals surface area contributed by atoms with E-state index in [-0.39, 0.29) is 93.0 Å². The fraction of sp³-hybridized carbons (Fsp3) is 0.195. The molecule has 25 heteroatoms. The molecule has 12 rings (SSSR count). The van der Waals surface area contributed by atoms with Gasteiger partial charge in [0.2, 0.25) is 10.0 Å². The first-order chi connectivity index (χ1) is 50.7. The number of aryl methyl sites for hydroxylation is 2. The van der Waals surface area contributed by atoms with Gasteiger partial charge in [-0.3, -0.25) is 9.78 Å². The number of rotatable bonds is 30. The largest absolute Gasteiger partial charge is 0.486 e. The molecular weight excluding hydrogens is 1410 g/mol. The first-order valence-corrected chi connectivity index (χ1v) is 37.7. The zero-order valence-corrected chi connectivity index (χ0v) is 60.4. The Hall–Kier alpha value is -11.5. The number of aromatic nitrogens is 9. The van der Waals surface area contributed by atoms with Gasteiger partial charge in [0.1, 0.15) is 35.1 Å². The summed E-state index contributed by atoms with van der Waals surface area (Å²) in [6, 6.07) is 61.5. The van der Waals surface area contributed by atoms with Gasteiger partial charge in [-0.05, 0) is 144 Å². The summed E-state index contributed by atoms with van der Waals surface area (Å²) in [5, 5.41) is -0.0240. The van der Waals surface area contributed by atoms with Crippen LogP contribution >= 0.6 is 0 Å². The lowest BCUT2D eigenvalue weighted by Crippen LogP contribution is -2.31. The summed E-state index contributed by atoms with van der Waals surface area (Å²) in [7, 11) is -11.6. The van der Waals surface area contributed by atoms with Crippen LogP contribution in [0.1, 0.15) is 93.0 Å². The topological polar surface area (TPSA) is 289 Å². The number of hydrogen-bond donors (Lipinski definition) is 0. The van der Waals surface area contributed by atoms with Crippen molar-refractivity contribution >= 4 is 47.4 Å². The third-order valence-electron chi connectivity index (χ3n) is 16.2. The number of hydrogen-bond acceptors (Lipinski definition) is 19. The van der Waals surface area contributed by atoms with Gasteiger partial charge in [-0.1, -0.05) is 160 Å². The van der Waals surface area contributed by atoms with Gasteiger partial charge in [-0.2, -0.15) is 12.9 Å². The molecule has 0 amide bonds. The van der Waals surface area contributed by atoms with E-state index in [0.29, 0.717) is 43.1 Å². The van der Waals surface area contributed by atoms with Crippen molar-refractivity contribution in [3.8, 4) is 39.7 Å². The van der Waals surface area contributed by atoms with Crippen molar-refractivity contribution < 1.29 is 44.4 Å². The van der Waals surface area contributed by atoms with Crippen LogP contribution in [0.5, 0.6) is 5.75 Å². The van der Waals surface area contributed by atoms with Crippen LogP contribution in [0.2, 0.25) is 0 Å². The van der Waals surface area contributed by atoms with Crippen molar-refractivity contribution in [2.75, 3.05) is 6.61 Å². The number of carbonyl (C=O) groups excluding carboxylic acids is 3. The molecule has 6 aromatic heterocycles. The highest BCUT2D eigenvalue weighted by molar-refractivity contribution is 7.89. The zero-order valence-electron chi connectivity index (χ0n) is 57.9. The first kappa shape index (κ1) is 81.2. The fourth-order valence-electron chi connectivity index (χ4n) is 10.8. The minimum atomic E-state index is -3.90. The second-order valence-electron chi connectivity index (χ2n) is 24.4. The SMILES string of the molecule is C.C.CC(=O)CCc1cccc(CN(Cc2ccc(-c3cncnc3)cc2)S(=O)(=O)c2ccccn2)c1.CC(=O)CCc1cccc(CN(Cc2ccc(-c3ncccn3)cc2)S(=O)(=O)c2cccnc2)c1.CC(=O)COc1cccc(CN(Cc2ccc(-c3ncccn3)cc2)S(=O)(=O)c2ccccn2)c1. The predicted octanol–water partition coefficient (Wildman–Crippen LogP) is 14.1. The molecule has 6 aromatic carbocycles. The highest BCUT2D eigenvalue weighted by Crippen LogP contribution is 2.28. The smallest absolute Gasteiger partial charge is 0.261 e. The van der Waals surface area contributed by atoms with Gasteiger partial charge in [0.25, 0.3) is 20.0 Å². The van der Waals surface area contributed by atoms with Crippen LogP contribution in [0.4, 0.5) is 0 Å². The van der Waals surface area contributed by atoms with Crippen LogP contribution in [-0.4, -0.2) is 107 Å². The number of carbonyl (C=O) groups is 3. The Balaban J connectivity index is 0.000000201. The Morgan fingerprint density at radius 3 is 1.13 bits per heavy atom. The van der Waals surface area contributed by atoms with Gasteiger partial charge in [-0.25, -0.2) is 65.1 Å². The molecule has 22 nitrogen and oxygen atoms in total. The molecule has 6 heterocycles. The summed E-state index contributed by atoms with van der Waals surface area (Å²) in [4.78, 5) is 71.5. The van der Waals surface area contributed by atoms with Crippen LogP contribution < -0.4 is 4.74 Å². The molecule has 0 aliphatic rings. The minimum absolute atomic E-state index is 0. The number of benzene rings is 6. The van der Waals surface area contributed by atoms with E-state index in [1.54, 1.807) is 124 Å². The number of pyridine rings is 3. The summed E-state index contributed by atoms with van der Waals surface area (Å²) < 4.78 is 90.9. The number of nitrogens with zero attached hydrogens (tertiary/aromatic N) is 12. The summed E-state index contributed by atoms with van der Waals surface area (Å²) >= 11 is 0. The van der Waals surface area contributed by atoms with E-state index in [4.69, 9.17) is 4.74 Å². The molecule has 0 bridgehead atoms. The normalized spacial score (nSPS) is 11.2. The molecule has 0 N–H and O–H groups in total. The number of ether oxygens (including phenoxy) is 1. The van der Waals surface area contributed by atoms with E-state index in [2.05, 4.69) is 44.9 Å². The maximum absolute atomic E-state index is 13.6. The number of ketones is 3. The van der Waals surface area contributed by atoms with E-state index in [1.807, 2.05) is 127 Å². The molecular formula is C82H84N12O10S3. The minimum Gasteiger partial charge on any atom is -0.486 e. The summed E-state index contributed by atoms with van der Waals surface area (Å²) in [5.74, 6) is 1.86. The standard InChI is InChI=1S/2C27H26N4O3S.C26H24N4O4S.2CH4/c1-21(32)8-9-22-5-2-6-24(17-22)20-31(35(33,34)26-7-3-14-28-18-26)19-23-10-12-25(13-11-23)27-29-15-4-16-30-27;1-21(32)8-9-22-5-4-6-24(15-22)19-31(35(33,34)27-7-2-3-14-30-27)18-23-10-12-25(13-11-23)26-16-28-20-29-17-26;1-20(31)19-34-24-7-4-6-22(16-24)18-30(35(32,33)25-8-2-3-13-27-25)17-21-9-11-23(12-10-21)26-28-14-5-15-29-26;;/h2-7,10-18H,8-9,19-20H2,1H3;2-7,10-17,20H,8-9,18-19H2,1H3;2-16H,17-19H2,1H3;2*1H4. The van der Waals surface area contributed by atoms with Crippen LogP contribution in [-0.2, 0) is 96.6 Å². The average Bonchev–Trinajstić information content (AvgIpc) is 0.810. The Kier molecular flexibility index (Phi) is 30.1. The Morgan fingerprint density at radius 1 is 0.336 bits per heavy atom. The van der Waals surface area contributed by atoms with Gasteiger partial charge in [0.15, 0.2) is 27.5 Å². The molecule has 0 aliphatic heterocycles. The summed E-state index contributed by atoms with van der Waals surface area (Å²) in [6.45, 7) is 5.51. The molecule has 0 saturated heterocycles. The maximum Gasteiger partial charge on any atom is 0.261 e. The monoisotopic (exact) mass is 1490 g/mol. The van der Waals surface area contributed by atoms with E-state index in [0.717, 1.165) is 66.8 Å². The van der Waals surface area contributed by atoms with Gasteiger partial charge < -0.3 is 14.3 Å². The van der Waals surface area contributed by atoms with Crippen molar-refractivity contribution in [1.29, 1.82) is 0 Å². The molecule has 0 fully saturated rings. The second kappa shape index (κ2) is 39.6. The molecule has 0 spiro atoms. The number of sulfonamides is 3. The third kappa shape index (κ3) is 24.0. The Bertz CT molecular complexity index is 4650. The lowest BCUT2D eigenvalue weighted by atomic mass is 10.0. The van der Waals surface area contributed by atoms with Crippen LogP contribution in [0.25, 0.3) is 33.9 Å². The number of Topliss-reactive ketones (excluding diaryl/α,β-unsaturated/α-hetero) is 3. The molecule has 12 aromatic rings. The zero-order chi connectivity index (χ0) is 74.0. The highest BCUT2D eigenvalue weighted by atomic mass is 32.2. The molecule has 107 heavy (non-hydrogen) atoms. The molecule has 0 unspecified atom stereocenters. The van der Waals surface area contributed by atoms with Crippen LogP contribution in [0, 0.1) is 0 Å². The quantitative estimate of drug-likeness (QED) is 0.0404. The van der Waals surface area contributed by atoms with Crippen molar-refractivity contribution in [3.63, 3.8) is 0 Å². The lowest BCUT2D eigenvalue weighted by Gasteiger charge is -2.23. The third-order valence-corrected chi connectivity index (χ3v) is 21.4. The van der Waals surface area contributed by atoms with E-state index < -0.39 is 30.1 Å². The molecule has 0 saturated carbocycles. The summed E-state index contributed by atoms with van der Waals surface area (Å²) in [5.41, 5.74) is 10.4. The van der Waals surface area contributed by atoms with Crippen molar-refractivity contribution in [3.05, 3.63) is 319 Å². The fourth-order valence-corrected chi connectivity index (χ4v) is 14.9. The molecule has 550 valence electrons. The second-order valence-corrected chi connectivity index (χ2v) is 30.1. The van der Waals surface area contributed by atoms with E-state index in [9.17, 15) is 39.6 Å². The van der Waals surface area contributed by atoms with E-state index >= 15 is 0 Å². The van der Waals surface area contributed by atoms with Gasteiger partial charge in [0, 0.05) is 131 Å². The lowest BCUT2D eigenvalue weighted by molar-refractivity contribution is -0.119. The molecule has 0 atom stereocenters. The van der Waals surface area contributed by atoms with Crippen molar-refractivity contribution in [1.82, 2.24) is 57.8 Å². The van der Waals surface area contributed by atoms with Crippen LogP contribution in [0.15, 0.2) is 289 Å². The summed E-state index contributed by atoms with van der Waals surface area (Å²) in [6.07, 6.45) is 19.7.